The molecule has 26 heavy (non-hydrogen) atoms. The van der Waals surface area contributed by atoms with Crippen LogP contribution in [0.4, 0.5) is 5.82 Å². The highest BCUT2D eigenvalue weighted by molar-refractivity contribution is 7.10. The van der Waals surface area contributed by atoms with E-state index in [0.29, 0.717) is 0 Å². The van der Waals surface area contributed by atoms with Gasteiger partial charge >= 0.3 is 0 Å². The van der Waals surface area contributed by atoms with Gasteiger partial charge in [0.25, 0.3) is 0 Å². The van der Waals surface area contributed by atoms with Gasteiger partial charge in [-0.05, 0) is 35.4 Å². The Labute approximate surface area is 157 Å². The summed E-state index contributed by atoms with van der Waals surface area (Å²) in [6.45, 7) is 1.73. The highest BCUT2D eigenvalue weighted by Crippen LogP contribution is 2.50. The third kappa shape index (κ3) is 2.56. The molecule has 0 N–H and O–H groups in total. The molecule has 0 amide bonds. The number of hydrogen-bond donors (Lipinski definition) is 0. The van der Waals surface area contributed by atoms with Crippen molar-refractivity contribution in [3.8, 4) is 0 Å². The first-order chi connectivity index (χ1) is 12.8. The van der Waals surface area contributed by atoms with E-state index in [1.807, 2.05) is 24.6 Å². The van der Waals surface area contributed by atoms with E-state index >= 15 is 0 Å². The number of nitrogens with zero attached hydrogens (tertiary/aromatic N) is 4. The molecule has 1 aromatic carbocycles. The molecule has 0 saturated carbocycles. The zero-order chi connectivity index (χ0) is 17.6. The van der Waals surface area contributed by atoms with Gasteiger partial charge in [-0.15, -0.1) is 16.4 Å². The minimum atomic E-state index is -0.166. The Balaban J connectivity index is 1.56. The first-order valence-electron chi connectivity index (χ1n) is 9.14. The summed E-state index contributed by atoms with van der Waals surface area (Å²) < 4.78 is 8.25. The second kappa shape index (κ2) is 6.21. The lowest BCUT2D eigenvalue weighted by Crippen LogP contribution is -2.47. The van der Waals surface area contributed by atoms with Crippen LogP contribution in [0, 0.1) is 0 Å². The van der Waals surface area contributed by atoms with Crippen LogP contribution in [-0.4, -0.2) is 28.1 Å². The molecule has 1 saturated heterocycles. The predicted octanol–water partition coefficient (Wildman–Crippen LogP) is 3.69. The molecule has 2 atom stereocenters. The molecule has 134 valence electrons. The van der Waals surface area contributed by atoms with Gasteiger partial charge in [0.2, 0.25) is 0 Å². The molecule has 4 heterocycles. The van der Waals surface area contributed by atoms with Crippen molar-refractivity contribution in [3.05, 3.63) is 64.0 Å². The fraction of sp³-hybridized carbons (Fsp3) is 0.400. The average molecular weight is 366 g/mol. The molecule has 5 rings (SSSR count). The first-order valence-corrected chi connectivity index (χ1v) is 10.0. The molecule has 0 bridgehead atoms. The highest BCUT2D eigenvalue weighted by atomic mass is 32.1. The van der Waals surface area contributed by atoms with Crippen LogP contribution in [0.15, 0.2) is 48.0 Å². The molecule has 2 aliphatic rings. The van der Waals surface area contributed by atoms with E-state index in [4.69, 9.17) is 4.74 Å². The number of anilines is 1. The summed E-state index contributed by atoms with van der Waals surface area (Å²) in [7, 11) is 1.92. The van der Waals surface area contributed by atoms with E-state index in [1.165, 1.54) is 16.0 Å². The summed E-state index contributed by atoms with van der Waals surface area (Å²) in [4.78, 5) is 3.82. The van der Waals surface area contributed by atoms with Crippen molar-refractivity contribution in [1.29, 1.82) is 0 Å². The number of aryl methyl sites for hydroxylation is 1. The van der Waals surface area contributed by atoms with Crippen molar-refractivity contribution in [3.63, 3.8) is 0 Å². The van der Waals surface area contributed by atoms with E-state index in [1.54, 1.807) is 4.68 Å². The molecule has 1 fully saturated rings. The fourth-order valence-corrected chi connectivity index (χ4v) is 5.54. The molecule has 2 aliphatic heterocycles. The zero-order valence-electron chi connectivity index (χ0n) is 14.8. The minimum absolute atomic E-state index is 0.166. The summed E-state index contributed by atoms with van der Waals surface area (Å²) >= 11 is 1.85. The number of rotatable bonds is 2. The molecule has 2 unspecified atom stereocenters. The summed E-state index contributed by atoms with van der Waals surface area (Å²) in [5, 5.41) is 10.7. The van der Waals surface area contributed by atoms with E-state index in [9.17, 15) is 0 Å². The summed E-state index contributed by atoms with van der Waals surface area (Å²) in [5.74, 6) is 0.943. The Bertz CT molecular complexity index is 905. The van der Waals surface area contributed by atoms with Crippen molar-refractivity contribution in [1.82, 2.24) is 15.0 Å². The number of hydrogen-bond acceptors (Lipinski definition) is 5. The van der Waals surface area contributed by atoms with Gasteiger partial charge < -0.3 is 9.64 Å². The minimum Gasteiger partial charge on any atom is -0.369 e. The van der Waals surface area contributed by atoms with Crippen LogP contribution < -0.4 is 4.90 Å². The Kier molecular flexibility index (Phi) is 3.83. The molecule has 0 radical (unpaired) electrons. The topological polar surface area (TPSA) is 43.2 Å². The van der Waals surface area contributed by atoms with Gasteiger partial charge in [-0.1, -0.05) is 35.5 Å². The Morgan fingerprint density at radius 1 is 1.23 bits per heavy atom. The van der Waals surface area contributed by atoms with Crippen LogP contribution in [0.5, 0.6) is 0 Å². The number of benzene rings is 1. The second-order valence-electron chi connectivity index (χ2n) is 7.19. The van der Waals surface area contributed by atoms with Crippen molar-refractivity contribution in [2.24, 2.45) is 7.05 Å². The van der Waals surface area contributed by atoms with Gasteiger partial charge in [-0.2, -0.15) is 0 Å². The Morgan fingerprint density at radius 3 is 2.92 bits per heavy atom. The Hall–Kier alpha value is -2.18. The molecule has 2 aromatic heterocycles. The normalized spacial score (nSPS) is 25.4. The Morgan fingerprint density at radius 2 is 2.12 bits per heavy atom. The van der Waals surface area contributed by atoms with Crippen LogP contribution in [0.25, 0.3) is 0 Å². The number of thiophene rings is 1. The lowest BCUT2D eigenvalue weighted by Gasteiger charge is -2.48. The smallest absolute Gasteiger partial charge is 0.171 e. The van der Waals surface area contributed by atoms with Crippen molar-refractivity contribution in [2.45, 2.75) is 30.9 Å². The largest absolute Gasteiger partial charge is 0.369 e. The van der Waals surface area contributed by atoms with Crippen LogP contribution in [0.1, 0.15) is 34.9 Å². The molecule has 1 spiro atoms. The maximum absolute atomic E-state index is 6.47. The van der Waals surface area contributed by atoms with Crippen LogP contribution >= 0.6 is 11.3 Å². The molecule has 6 heteroatoms. The molecular weight excluding hydrogens is 344 g/mol. The zero-order valence-corrected chi connectivity index (χ0v) is 15.7. The summed E-state index contributed by atoms with van der Waals surface area (Å²) in [5.41, 5.74) is 2.62. The van der Waals surface area contributed by atoms with Crippen molar-refractivity contribution in [2.75, 3.05) is 18.1 Å². The number of aromatic nitrogens is 3. The molecule has 5 nitrogen and oxygen atoms in total. The highest BCUT2D eigenvalue weighted by Gasteiger charge is 2.46. The van der Waals surface area contributed by atoms with Gasteiger partial charge in [0, 0.05) is 24.9 Å². The van der Waals surface area contributed by atoms with Gasteiger partial charge in [0.15, 0.2) is 5.82 Å². The maximum atomic E-state index is 6.47. The lowest BCUT2D eigenvalue weighted by atomic mass is 9.79. The summed E-state index contributed by atoms with van der Waals surface area (Å²) in [6, 6.07) is 13.2. The molecular formula is C20H22N4OS. The van der Waals surface area contributed by atoms with Crippen molar-refractivity contribution < 1.29 is 4.74 Å². The van der Waals surface area contributed by atoms with Crippen LogP contribution in [0.2, 0.25) is 0 Å². The lowest BCUT2D eigenvalue weighted by molar-refractivity contribution is -0.0819. The monoisotopic (exact) mass is 366 g/mol. The average Bonchev–Trinajstić information content (AvgIpc) is 3.32. The fourth-order valence-electron chi connectivity index (χ4n) is 4.39. The standard InChI is InChI=1S/C20H22N4OS/c1-23-14-18(21-22-23)24-10-9-20(13-17(24)15-5-3-2-4-6-15)19-16(7-11-25-20)8-12-26-19/h2-6,8,12,14,17H,7,9-11,13H2,1H3. The maximum Gasteiger partial charge on any atom is 0.171 e. The van der Waals surface area contributed by atoms with Gasteiger partial charge in [-0.3, -0.25) is 4.68 Å². The SMILES string of the molecule is Cn1cc(N2CCC3(CC2c2ccccc2)OCCc2ccsc23)nn1. The third-order valence-corrected chi connectivity index (χ3v) is 6.78. The predicted molar refractivity (Wildman–Crippen MR) is 102 cm³/mol. The number of fused-ring (bicyclic) bond motifs is 2. The molecule has 0 aliphatic carbocycles. The van der Waals surface area contributed by atoms with Crippen LogP contribution in [0.3, 0.4) is 0 Å². The van der Waals surface area contributed by atoms with E-state index < -0.39 is 0 Å². The first kappa shape index (κ1) is 16.0. The van der Waals surface area contributed by atoms with Gasteiger partial charge in [-0.25, -0.2) is 0 Å². The van der Waals surface area contributed by atoms with E-state index in [0.717, 1.165) is 38.2 Å². The quantitative estimate of drug-likeness (QED) is 0.694. The number of ether oxygens (including phenoxy) is 1. The molecule has 3 aromatic rings. The number of piperidine rings is 1. The third-order valence-electron chi connectivity index (χ3n) is 5.64. The summed E-state index contributed by atoms with van der Waals surface area (Å²) in [6.07, 6.45) is 4.97. The van der Waals surface area contributed by atoms with E-state index in [-0.39, 0.29) is 11.6 Å². The second-order valence-corrected chi connectivity index (χ2v) is 8.11. The van der Waals surface area contributed by atoms with Crippen molar-refractivity contribution >= 4 is 17.2 Å². The van der Waals surface area contributed by atoms with Gasteiger partial charge in [0.05, 0.1) is 18.8 Å². The van der Waals surface area contributed by atoms with E-state index in [2.05, 4.69) is 57.0 Å². The van der Waals surface area contributed by atoms with Crippen LogP contribution in [-0.2, 0) is 23.8 Å². The van der Waals surface area contributed by atoms with Gasteiger partial charge in [0.1, 0.15) is 5.60 Å².